The Balaban J connectivity index is 1.86. The molecule has 1 N–H and O–H groups in total. The van der Waals surface area contributed by atoms with E-state index >= 15 is 0 Å². The van der Waals surface area contributed by atoms with Gasteiger partial charge in [0.25, 0.3) is 0 Å². The Hall–Kier alpha value is -1.84. The molecule has 0 spiro atoms. The van der Waals surface area contributed by atoms with Crippen molar-refractivity contribution in [2.75, 3.05) is 39.7 Å². The van der Waals surface area contributed by atoms with E-state index in [4.69, 9.17) is 18.9 Å². The van der Waals surface area contributed by atoms with E-state index in [0.29, 0.717) is 37.7 Å². The van der Waals surface area contributed by atoms with Crippen LogP contribution in [-0.4, -0.2) is 59.8 Å². The maximum absolute atomic E-state index is 12.4. The number of hydrogen-bond acceptors (Lipinski definition) is 7. The lowest BCUT2D eigenvalue weighted by Crippen LogP contribution is -2.34. The van der Waals surface area contributed by atoms with Crippen LogP contribution in [0.25, 0.3) is 0 Å². The van der Waals surface area contributed by atoms with Crippen molar-refractivity contribution in [3.63, 3.8) is 0 Å². The average molecular weight is 387 g/mol. The minimum absolute atomic E-state index is 0.0863. The largest absolute Gasteiger partial charge is 0.493 e. The van der Waals surface area contributed by atoms with E-state index in [-0.39, 0.29) is 23.0 Å². The lowest BCUT2D eigenvalue weighted by Gasteiger charge is -2.22. The SMILES string of the molecule is COc1ccc(S(=O)(=O)CCC(=O)NCCC2(C)OCCO2)cc1OC. The van der Waals surface area contributed by atoms with Gasteiger partial charge in [-0.3, -0.25) is 4.79 Å². The minimum atomic E-state index is -3.61. The molecule has 0 atom stereocenters. The van der Waals surface area contributed by atoms with Gasteiger partial charge >= 0.3 is 0 Å². The summed E-state index contributed by atoms with van der Waals surface area (Å²) in [5.74, 6) is -0.551. The van der Waals surface area contributed by atoms with Crippen LogP contribution in [0.1, 0.15) is 19.8 Å². The van der Waals surface area contributed by atoms with E-state index in [0.717, 1.165) is 0 Å². The second-order valence-electron chi connectivity index (χ2n) is 6.02. The molecule has 2 rings (SSSR count). The molecule has 1 aliphatic rings. The van der Waals surface area contributed by atoms with Crippen molar-refractivity contribution < 1.29 is 32.2 Å². The predicted octanol–water partition coefficient (Wildman–Crippen LogP) is 1.14. The van der Waals surface area contributed by atoms with Crippen LogP contribution in [-0.2, 0) is 24.1 Å². The Labute approximate surface area is 153 Å². The lowest BCUT2D eigenvalue weighted by atomic mass is 10.2. The van der Waals surface area contributed by atoms with Crippen molar-refractivity contribution in [1.82, 2.24) is 5.32 Å². The molecule has 26 heavy (non-hydrogen) atoms. The molecular formula is C17H25NO7S. The van der Waals surface area contributed by atoms with Gasteiger partial charge in [-0.2, -0.15) is 0 Å². The minimum Gasteiger partial charge on any atom is -0.493 e. The number of nitrogens with one attached hydrogen (secondary N) is 1. The van der Waals surface area contributed by atoms with Crippen LogP contribution >= 0.6 is 0 Å². The highest BCUT2D eigenvalue weighted by Gasteiger charge is 2.30. The molecule has 1 aliphatic heterocycles. The van der Waals surface area contributed by atoms with Crippen LogP contribution in [0.2, 0.25) is 0 Å². The summed E-state index contributed by atoms with van der Waals surface area (Å²) in [6, 6.07) is 4.35. The molecule has 0 aromatic heterocycles. The van der Waals surface area contributed by atoms with Crippen LogP contribution in [0.3, 0.4) is 0 Å². The van der Waals surface area contributed by atoms with Crippen LogP contribution in [0.5, 0.6) is 11.5 Å². The van der Waals surface area contributed by atoms with Crippen molar-refractivity contribution in [2.45, 2.75) is 30.4 Å². The fraction of sp³-hybridized carbons (Fsp3) is 0.588. The highest BCUT2D eigenvalue weighted by molar-refractivity contribution is 7.91. The number of carbonyl (C=O) groups excluding carboxylic acids is 1. The lowest BCUT2D eigenvalue weighted by molar-refractivity contribution is -0.146. The third kappa shape index (κ3) is 5.33. The molecule has 1 fully saturated rings. The van der Waals surface area contributed by atoms with Gasteiger partial charge in [0.05, 0.1) is 38.1 Å². The summed E-state index contributed by atoms with van der Waals surface area (Å²) in [6.07, 6.45) is 0.371. The molecule has 1 saturated heterocycles. The number of rotatable bonds is 9. The van der Waals surface area contributed by atoms with Gasteiger partial charge < -0.3 is 24.3 Å². The Morgan fingerprint density at radius 1 is 1.19 bits per heavy atom. The molecule has 0 saturated carbocycles. The molecule has 0 aliphatic carbocycles. The Bertz CT molecular complexity index is 727. The second-order valence-corrected chi connectivity index (χ2v) is 8.13. The summed E-state index contributed by atoms with van der Waals surface area (Å²) < 4.78 is 45.9. The summed E-state index contributed by atoms with van der Waals surface area (Å²) in [5.41, 5.74) is 0. The van der Waals surface area contributed by atoms with E-state index in [1.165, 1.54) is 32.4 Å². The first-order valence-corrected chi connectivity index (χ1v) is 9.94. The summed E-state index contributed by atoms with van der Waals surface area (Å²) >= 11 is 0. The smallest absolute Gasteiger partial charge is 0.221 e. The molecule has 1 aromatic rings. The van der Waals surface area contributed by atoms with Crippen LogP contribution < -0.4 is 14.8 Å². The maximum Gasteiger partial charge on any atom is 0.221 e. The van der Waals surface area contributed by atoms with E-state index in [1.807, 2.05) is 6.92 Å². The first-order valence-electron chi connectivity index (χ1n) is 8.29. The van der Waals surface area contributed by atoms with Crippen molar-refractivity contribution >= 4 is 15.7 Å². The van der Waals surface area contributed by atoms with Gasteiger partial charge in [0.15, 0.2) is 27.1 Å². The van der Waals surface area contributed by atoms with Crippen molar-refractivity contribution in [2.24, 2.45) is 0 Å². The zero-order valence-electron chi connectivity index (χ0n) is 15.2. The fourth-order valence-corrected chi connectivity index (χ4v) is 3.83. The average Bonchev–Trinajstić information content (AvgIpc) is 3.06. The molecule has 1 aromatic carbocycles. The van der Waals surface area contributed by atoms with E-state index in [2.05, 4.69) is 5.32 Å². The topological polar surface area (TPSA) is 100 Å². The summed E-state index contributed by atoms with van der Waals surface area (Å²) in [7, 11) is -0.710. The number of benzene rings is 1. The van der Waals surface area contributed by atoms with Gasteiger partial charge in [-0.05, 0) is 19.1 Å². The van der Waals surface area contributed by atoms with Gasteiger partial charge in [0.1, 0.15) is 0 Å². The second kappa shape index (κ2) is 8.70. The Morgan fingerprint density at radius 3 is 2.46 bits per heavy atom. The molecule has 0 bridgehead atoms. The molecular weight excluding hydrogens is 362 g/mol. The van der Waals surface area contributed by atoms with Crippen LogP contribution in [0.15, 0.2) is 23.1 Å². The summed E-state index contributed by atoms with van der Waals surface area (Å²) in [5, 5.41) is 2.69. The number of ether oxygens (including phenoxy) is 4. The molecule has 146 valence electrons. The highest BCUT2D eigenvalue weighted by Crippen LogP contribution is 2.30. The van der Waals surface area contributed by atoms with Gasteiger partial charge in [0, 0.05) is 25.5 Å². The molecule has 1 amide bonds. The number of methoxy groups -OCH3 is 2. The number of carbonyl (C=O) groups is 1. The number of hydrogen-bond donors (Lipinski definition) is 1. The summed E-state index contributed by atoms with van der Waals surface area (Å²) in [6.45, 7) is 3.24. The van der Waals surface area contributed by atoms with Gasteiger partial charge in [-0.25, -0.2) is 8.42 Å². The van der Waals surface area contributed by atoms with Gasteiger partial charge in [-0.15, -0.1) is 0 Å². The quantitative estimate of drug-likeness (QED) is 0.678. The van der Waals surface area contributed by atoms with Crippen LogP contribution in [0.4, 0.5) is 0 Å². The first kappa shape index (κ1) is 20.5. The molecule has 1 heterocycles. The number of amides is 1. The fourth-order valence-electron chi connectivity index (χ4n) is 2.57. The standard InChI is InChI=1S/C17H25NO7S/c1-17(24-9-10-25-17)7-8-18-16(19)6-11-26(20,21)13-4-5-14(22-2)15(12-13)23-3/h4-5,12H,6-11H2,1-3H3,(H,18,19). The molecule has 0 radical (unpaired) electrons. The van der Waals surface area contributed by atoms with Crippen molar-refractivity contribution in [3.05, 3.63) is 18.2 Å². The first-order chi connectivity index (χ1) is 12.3. The monoisotopic (exact) mass is 387 g/mol. The Morgan fingerprint density at radius 2 is 1.85 bits per heavy atom. The third-order valence-electron chi connectivity index (χ3n) is 4.11. The van der Waals surface area contributed by atoms with E-state index in [1.54, 1.807) is 0 Å². The van der Waals surface area contributed by atoms with Gasteiger partial charge in [0.2, 0.25) is 5.91 Å². The molecule has 8 nitrogen and oxygen atoms in total. The normalized spacial score (nSPS) is 16.3. The van der Waals surface area contributed by atoms with Crippen molar-refractivity contribution in [1.29, 1.82) is 0 Å². The predicted molar refractivity (Wildman–Crippen MR) is 94.2 cm³/mol. The van der Waals surface area contributed by atoms with Crippen molar-refractivity contribution in [3.8, 4) is 11.5 Å². The Kier molecular flexibility index (Phi) is 6.85. The van der Waals surface area contributed by atoms with Crippen LogP contribution in [0, 0.1) is 0 Å². The third-order valence-corrected chi connectivity index (χ3v) is 5.83. The van der Waals surface area contributed by atoms with Gasteiger partial charge in [-0.1, -0.05) is 0 Å². The summed E-state index contributed by atoms with van der Waals surface area (Å²) in [4.78, 5) is 12.0. The highest BCUT2D eigenvalue weighted by atomic mass is 32.2. The number of sulfone groups is 1. The zero-order chi connectivity index (χ0) is 19.2. The molecule has 0 unspecified atom stereocenters. The maximum atomic E-state index is 12.4. The van der Waals surface area contributed by atoms with E-state index < -0.39 is 15.6 Å². The van der Waals surface area contributed by atoms with E-state index in [9.17, 15) is 13.2 Å². The zero-order valence-corrected chi connectivity index (χ0v) is 16.1. The molecule has 9 heteroatoms.